The van der Waals surface area contributed by atoms with Crippen molar-refractivity contribution in [1.82, 2.24) is 0 Å². The minimum atomic E-state index is -5.03. The number of phosphoric acid groups is 2. The predicted octanol–water partition coefficient (Wildman–Crippen LogP) is 22.3. The van der Waals surface area contributed by atoms with E-state index < -0.39 is 97.5 Å². The van der Waals surface area contributed by atoms with E-state index in [4.69, 9.17) is 37.0 Å². The molecule has 0 fully saturated rings. The summed E-state index contributed by atoms with van der Waals surface area (Å²) in [5.74, 6) is -2.55. The van der Waals surface area contributed by atoms with E-state index in [1.807, 2.05) is 54.7 Å². The van der Waals surface area contributed by atoms with Gasteiger partial charge < -0.3 is 33.8 Å². The number of aliphatic hydroxyl groups is 1. The number of allylic oxidation sites excluding steroid dienone is 33. The van der Waals surface area contributed by atoms with Crippen molar-refractivity contribution in [3.63, 3.8) is 0 Å². The Labute approximate surface area is 627 Å². The summed E-state index contributed by atoms with van der Waals surface area (Å²) in [6.45, 7) is 4.18. The molecule has 0 aliphatic rings. The molecule has 0 aromatic heterocycles. The number of carbonyl (C=O) groups excluding carboxylic acids is 4. The van der Waals surface area contributed by atoms with Crippen LogP contribution in [0.5, 0.6) is 0 Å². The smallest absolute Gasteiger partial charge is 0.462 e. The number of ether oxygens (including phenoxy) is 4. The molecule has 5 atom stereocenters. The van der Waals surface area contributed by atoms with Crippen LogP contribution in [-0.2, 0) is 65.4 Å². The Balaban J connectivity index is 5.57. The Morgan fingerprint density at radius 2 is 0.538 bits per heavy atom. The quantitative estimate of drug-likeness (QED) is 0.0169. The lowest BCUT2D eigenvalue weighted by Crippen LogP contribution is -2.30. The molecule has 19 heteroatoms. The molecule has 0 heterocycles. The van der Waals surface area contributed by atoms with E-state index in [0.29, 0.717) is 38.5 Å². The maximum atomic E-state index is 13.1. The fraction of sp³-hybridized carbons (Fsp3) is 0.553. The Hall–Kier alpha value is -6.36. The summed E-state index contributed by atoms with van der Waals surface area (Å²) in [5, 5.41) is 10.6. The summed E-state index contributed by atoms with van der Waals surface area (Å²) in [4.78, 5) is 72.7. The zero-order valence-corrected chi connectivity index (χ0v) is 65.4. The Morgan fingerprint density at radius 3 is 0.856 bits per heavy atom. The van der Waals surface area contributed by atoms with Gasteiger partial charge >= 0.3 is 39.5 Å². The second kappa shape index (κ2) is 74.9. The SMILES string of the molecule is CC/C=C\C/C=C\C/C=C\C/C=C\C/C=C\C/C=C\CCC(=O)OCC(COP(=O)(O)OCC(O)COP(=O)(O)OCC(COC(=O)C/C=C\C/C=C\C/C=C\C/C=C\C/C=C\CC)OC(=O)CCCCCCCCCCCCC)OC(=O)CC/C=C\C/C=C\C/C=C\C/C=C\C/C=C\C/C=C\CC. The number of hydrogen-bond acceptors (Lipinski definition) is 15. The van der Waals surface area contributed by atoms with Crippen LogP contribution >= 0.6 is 15.6 Å². The maximum absolute atomic E-state index is 13.1. The van der Waals surface area contributed by atoms with Crippen LogP contribution in [0.15, 0.2) is 207 Å². The monoisotopic (exact) mass is 1490 g/mol. The molecule has 5 unspecified atom stereocenters. The normalized spacial score (nSPS) is 15.0. The molecule has 3 N–H and O–H groups in total. The molecule has 104 heavy (non-hydrogen) atoms. The molecule has 0 spiro atoms. The van der Waals surface area contributed by atoms with Crippen molar-refractivity contribution in [1.29, 1.82) is 0 Å². The van der Waals surface area contributed by atoms with E-state index in [0.717, 1.165) is 116 Å². The van der Waals surface area contributed by atoms with Gasteiger partial charge in [0, 0.05) is 19.3 Å². The number of aliphatic hydroxyl groups excluding tert-OH is 1. The summed E-state index contributed by atoms with van der Waals surface area (Å²) in [5.41, 5.74) is 0. The molecule has 0 amide bonds. The first-order valence-electron chi connectivity index (χ1n) is 38.3. The summed E-state index contributed by atoms with van der Waals surface area (Å²) < 4.78 is 68.1. The van der Waals surface area contributed by atoms with E-state index in [1.54, 1.807) is 6.08 Å². The molecular formula is C85H132O17P2. The number of esters is 4. The molecule has 0 aromatic rings. The second-order valence-electron chi connectivity index (χ2n) is 24.5. The summed E-state index contributed by atoms with van der Waals surface area (Å²) in [7, 11) is -10.0. The van der Waals surface area contributed by atoms with Gasteiger partial charge in [0.05, 0.1) is 32.8 Å². The minimum absolute atomic E-state index is 0.00962. The molecule has 0 aliphatic carbocycles. The molecule has 17 nitrogen and oxygen atoms in total. The molecule has 0 rings (SSSR count). The van der Waals surface area contributed by atoms with Crippen molar-refractivity contribution in [2.45, 2.75) is 264 Å². The lowest BCUT2D eigenvalue weighted by atomic mass is 10.1. The van der Waals surface area contributed by atoms with Crippen molar-refractivity contribution in [3.8, 4) is 0 Å². The fourth-order valence-corrected chi connectivity index (χ4v) is 10.7. The van der Waals surface area contributed by atoms with Gasteiger partial charge in [0.15, 0.2) is 12.2 Å². The Morgan fingerprint density at radius 1 is 0.288 bits per heavy atom. The van der Waals surface area contributed by atoms with Gasteiger partial charge in [0.25, 0.3) is 0 Å². The minimum Gasteiger partial charge on any atom is -0.462 e. The van der Waals surface area contributed by atoms with Crippen molar-refractivity contribution < 1.29 is 80.2 Å². The van der Waals surface area contributed by atoms with E-state index in [1.165, 1.54) is 38.5 Å². The molecule has 0 radical (unpaired) electrons. The molecule has 584 valence electrons. The maximum Gasteiger partial charge on any atom is 0.472 e. The van der Waals surface area contributed by atoms with Crippen LogP contribution in [0, 0.1) is 0 Å². The molecule has 0 saturated heterocycles. The van der Waals surface area contributed by atoms with Crippen LogP contribution < -0.4 is 0 Å². The van der Waals surface area contributed by atoms with Crippen LogP contribution in [0.1, 0.15) is 246 Å². The average Bonchev–Trinajstić information content (AvgIpc) is 0.928. The number of carbonyl (C=O) groups is 4. The van der Waals surface area contributed by atoms with Crippen LogP contribution in [0.25, 0.3) is 0 Å². The van der Waals surface area contributed by atoms with Gasteiger partial charge in [-0.25, -0.2) is 9.13 Å². The van der Waals surface area contributed by atoms with Gasteiger partial charge in [-0.05, 0) is 128 Å². The summed E-state index contributed by atoms with van der Waals surface area (Å²) in [6.07, 6.45) is 93.2. The van der Waals surface area contributed by atoms with Crippen LogP contribution in [0.2, 0.25) is 0 Å². The van der Waals surface area contributed by atoms with Crippen molar-refractivity contribution in [2.75, 3.05) is 39.6 Å². The van der Waals surface area contributed by atoms with Gasteiger partial charge in [0.2, 0.25) is 0 Å². The third-order valence-electron chi connectivity index (χ3n) is 14.8. The lowest BCUT2D eigenvalue weighted by Gasteiger charge is -2.21. The molecule has 0 bridgehead atoms. The van der Waals surface area contributed by atoms with E-state index in [9.17, 15) is 43.2 Å². The van der Waals surface area contributed by atoms with E-state index in [-0.39, 0.29) is 25.7 Å². The van der Waals surface area contributed by atoms with Gasteiger partial charge in [-0.2, -0.15) is 0 Å². The van der Waals surface area contributed by atoms with Crippen LogP contribution in [0.4, 0.5) is 0 Å². The zero-order chi connectivity index (χ0) is 76.0. The average molecular weight is 1490 g/mol. The third kappa shape index (κ3) is 73.9. The first kappa shape index (κ1) is 97.6. The standard InChI is InChI=1S/C85H132O17P2/c1-5-9-13-17-21-25-29-32-35-37-39-41-44-47-51-54-58-62-66-70-83(88)96-76-81(102-85(90)72-68-64-60-56-52-48-45-42-40-38-36-33-30-26-22-18-14-10-6-2)78-100-104(93,94)98-74-79(86)73-97-103(91,92)99-77-80(101-84(89)71-67-63-59-55-49-28-24-20-16-12-8-4)75-95-82(87)69-65-61-57-53-50-46-43-34-31-27-23-19-15-11-7-3/h9-11,13-15,21-23,25-27,32-36,39-43,47-48,50-53,58,60-62,64-65,79-81,86H,5-8,12,16-20,24,28-31,37-38,44-46,49,54-57,59,63,66-78H2,1-4H3,(H,91,92)(H,93,94)/b13-9-,14-10-,15-11-,25-21-,26-22-,27-23-,35-32-,36-33-,41-39-,42-40-,43-34-,51-47-,52-48-,53-50-,62-58-,64-60-,65-61-. The van der Waals surface area contributed by atoms with Gasteiger partial charge in [-0.15, -0.1) is 0 Å². The zero-order valence-electron chi connectivity index (χ0n) is 63.6. The topological polar surface area (TPSA) is 237 Å². The Kier molecular flexibility index (Phi) is 70.3. The van der Waals surface area contributed by atoms with Crippen molar-refractivity contribution in [2.24, 2.45) is 0 Å². The van der Waals surface area contributed by atoms with Gasteiger partial charge in [-0.1, -0.05) is 298 Å². The first-order chi connectivity index (χ1) is 50.7. The molecule has 0 aliphatic heterocycles. The molecule has 0 aromatic carbocycles. The van der Waals surface area contributed by atoms with E-state index in [2.05, 4.69) is 174 Å². The summed E-state index contributed by atoms with van der Waals surface area (Å²) >= 11 is 0. The van der Waals surface area contributed by atoms with Crippen LogP contribution in [-0.4, -0.2) is 96.7 Å². The number of rotatable bonds is 69. The highest BCUT2D eigenvalue weighted by Gasteiger charge is 2.30. The second-order valence-corrected chi connectivity index (χ2v) is 27.4. The highest BCUT2D eigenvalue weighted by atomic mass is 31.2. The van der Waals surface area contributed by atoms with E-state index >= 15 is 0 Å². The van der Waals surface area contributed by atoms with Crippen molar-refractivity contribution >= 4 is 39.5 Å². The number of hydrogen-bond donors (Lipinski definition) is 3. The fourth-order valence-electron chi connectivity index (χ4n) is 9.11. The number of phosphoric ester groups is 2. The first-order valence-corrected chi connectivity index (χ1v) is 41.3. The van der Waals surface area contributed by atoms with Crippen molar-refractivity contribution in [3.05, 3.63) is 207 Å². The molecule has 0 saturated carbocycles. The summed E-state index contributed by atoms with van der Waals surface area (Å²) in [6, 6.07) is 0. The molecular weight excluding hydrogens is 1350 g/mol. The highest BCUT2D eigenvalue weighted by Crippen LogP contribution is 2.45. The predicted molar refractivity (Wildman–Crippen MR) is 426 cm³/mol. The Bertz CT molecular complexity index is 2790. The largest absolute Gasteiger partial charge is 0.472 e. The highest BCUT2D eigenvalue weighted by molar-refractivity contribution is 7.47. The van der Waals surface area contributed by atoms with Gasteiger partial charge in [0.1, 0.15) is 19.3 Å². The number of unbranched alkanes of at least 4 members (excludes halogenated alkanes) is 10. The van der Waals surface area contributed by atoms with Gasteiger partial charge in [-0.3, -0.25) is 37.3 Å². The third-order valence-corrected chi connectivity index (χ3v) is 16.7. The van der Waals surface area contributed by atoms with Crippen LogP contribution in [0.3, 0.4) is 0 Å². The lowest BCUT2D eigenvalue weighted by molar-refractivity contribution is -0.161.